The van der Waals surface area contributed by atoms with E-state index in [0.717, 1.165) is 0 Å². The Kier molecular flexibility index (Phi) is 3.36. The summed E-state index contributed by atoms with van der Waals surface area (Å²) in [4.78, 5) is 47.4. The highest BCUT2D eigenvalue weighted by atomic mass is 16.5. The van der Waals surface area contributed by atoms with Crippen LogP contribution in [-0.4, -0.2) is 23.8 Å². The fourth-order valence-corrected chi connectivity index (χ4v) is 2.45. The number of ether oxygens (including phenoxy) is 1. The van der Waals surface area contributed by atoms with Crippen LogP contribution in [0.5, 0.6) is 5.75 Å². The Hall–Kier alpha value is -3.16. The van der Waals surface area contributed by atoms with Gasteiger partial charge in [0.05, 0.1) is 0 Å². The van der Waals surface area contributed by atoms with Crippen molar-refractivity contribution in [3.05, 3.63) is 41.7 Å². The maximum atomic E-state index is 12.3. The predicted octanol–water partition coefficient (Wildman–Crippen LogP) is 0.0504. The molecule has 0 bridgehead atoms. The van der Waals surface area contributed by atoms with E-state index in [0.29, 0.717) is 5.56 Å². The fourth-order valence-electron chi connectivity index (χ4n) is 2.45. The van der Waals surface area contributed by atoms with E-state index in [1.807, 2.05) is 0 Å². The molecule has 1 spiro atoms. The summed E-state index contributed by atoms with van der Waals surface area (Å²) in [5.41, 5.74) is -1.13. The van der Waals surface area contributed by atoms with Crippen molar-refractivity contribution in [3.8, 4) is 5.75 Å². The van der Waals surface area contributed by atoms with Gasteiger partial charge in [-0.15, -0.1) is 0 Å². The van der Waals surface area contributed by atoms with Crippen molar-refractivity contribution < 1.29 is 23.9 Å². The Morgan fingerprint density at radius 1 is 1.26 bits per heavy atom. The molecule has 0 radical (unpaired) electrons. The molecule has 0 aliphatic carbocycles. The van der Waals surface area contributed by atoms with Crippen LogP contribution in [0, 0.1) is 0 Å². The molecule has 0 saturated carbocycles. The third-order valence-corrected chi connectivity index (χ3v) is 3.57. The van der Waals surface area contributed by atoms with Crippen LogP contribution in [0.4, 0.5) is 4.79 Å². The Labute approximate surface area is 130 Å². The van der Waals surface area contributed by atoms with E-state index in [1.165, 1.54) is 6.08 Å². The van der Waals surface area contributed by atoms with Crippen LogP contribution in [0.25, 0.3) is 0 Å². The maximum absolute atomic E-state index is 12.3. The lowest BCUT2D eigenvalue weighted by atomic mass is 9.86. The number of carbonyl (C=O) groups is 4. The van der Waals surface area contributed by atoms with Crippen LogP contribution in [0.1, 0.15) is 18.9 Å². The average Bonchev–Trinajstić information content (AvgIpc) is 2.81. The highest BCUT2D eigenvalue weighted by molar-refractivity contribution is 6.11. The van der Waals surface area contributed by atoms with E-state index in [9.17, 15) is 19.2 Å². The predicted molar refractivity (Wildman–Crippen MR) is 76.9 cm³/mol. The molecule has 1 fully saturated rings. The van der Waals surface area contributed by atoms with E-state index >= 15 is 0 Å². The van der Waals surface area contributed by atoms with Crippen molar-refractivity contribution in [2.75, 3.05) is 0 Å². The van der Waals surface area contributed by atoms with Gasteiger partial charge in [0, 0.05) is 18.1 Å². The van der Waals surface area contributed by atoms with Crippen molar-refractivity contribution in [2.45, 2.75) is 18.9 Å². The van der Waals surface area contributed by atoms with Gasteiger partial charge in [0.25, 0.3) is 11.8 Å². The van der Waals surface area contributed by atoms with Gasteiger partial charge in [-0.25, -0.2) is 4.79 Å². The quantitative estimate of drug-likeness (QED) is 0.667. The number of urea groups is 1. The number of amides is 5. The second kappa shape index (κ2) is 5.24. The Morgan fingerprint density at radius 2 is 2.00 bits per heavy atom. The van der Waals surface area contributed by atoms with Crippen LogP contribution in [-0.2, 0) is 19.9 Å². The molecule has 2 aliphatic rings. The van der Waals surface area contributed by atoms with E-state index in [1.54, 1.807) is 31.2 Å². The number of para-hydroxylation sites is 1. The summed E-state index contributed by atoms with van der Waals surface area (Å²) in [6.45, 7) is 1.60. The Bertz CT molecular complexity index is 770. The van der Waals surface area contributed by atoms with Gasteiger partial charge in [-0.3, -0.25) is 25.0 Å². The van der Waals surface area contributed by atoms with E-state index < -0.39 is 29.3 Å². The van der Waals surface area contributed by atoms with Crippen LogP contribution < -0.4 is 20.7 Å². The largest absolute Gasteiger partial charge is 0.451 e. The summed E-state index contributed by atoms with van der Waals surface area (Å²) >= 11 is 0. The van der Waals surface area contributed by atoms with Gasteiger partial charge < -0.3 is 10.1 Å². The first-order valence-corrected chi connectivity index (χ1v) is 6.94. The van der Waals surface area contributed by atoms with Gasteiger partial charge in [-0.1, -0.05) is 25.1 Å². The number of carbonyl (C=O) groups excluding carboxylic acids is 4. The van der Waals surface area contributed by atoms with Crippen molar-refractivity contribution in [2.24, 2.45) is 0 Å². The van der Waals surface area contributed by atoms with Crippen LogP contribution in [0.15, 0.2) is 36.1 Å². The van der Waals surface area contributed by atoms with Gasteiger partial charge in [0.2, 0.25) is 5.91 Å². The van der Waals surface area contributed by atoms with Gasteiger partial charge in [0.1, 0.15) is 5.75 Å². The summed E-state index contributed by atoms with van der Waals surface area (Å²) in [7, 11) is 0. The number of fused-ring (bicyclic) bond motifs is 2. The van der Waals surface area contributed by atoms with Crippen LogP contribution in [0.2, 0.25) is 0 Å². The lowest BCUT2D eigenvalue weighted by Crippen LogP contribution is -2.46. The molecule has 1 unspecified atom stereocenters. The maximum Gasteiger partial charge on any atom is 0.322 e. The van der Waals surface area contributed by atoms with E-state index in [2.05, 4.69) is 16.0 Å². The SMILES string of the molecule is CCC(=O)NC(=O)C1=CC2(NC(=O)NC2=O)c2ccccc2O1. The first kappa shape index (κ1) is 14.8. The molecule has 1 aromatic rings. The lowest BCUT2D eigenvalue weighted by molar-refractivity contribution is -0.129. The molecular weight excluding hydrogens is 302 g/mol. The first-order valence-electron chi connectivity index (χ1n) is 6.94. The molecule has 1 aromatic carbocycles. The minimum atomic E-state index is -1.53. The van der Waals surface area contributed by atoms with E-state index in [-0.39, 0.29) is 17.9 Å². The van der Waals surface area contributed by atoms with Crippen molar-refractivity contribution in [1.82, 2.24) is 16.0 Å². The molecule has 23 heavy (non-hydrogen) atoms. The third-order valence-electron chi connectivity index (χ3n) is 3.57. The molecule has 0 aromatic heterocycles. The molecule has 1 atom stereocenters. The minimum absolute atomic E-state index is 0.123. The number of rotatable bonds is 2. The first-order chi connectivity index (χ1) is 11.0. The molecule has 118 valence electrons. The number of benzene rings is 1. The standard InChI is InChI=1S/C15H13N3O5/c1-2-11(19)16-12(20)10-7-15(13(21)17-14(22)18-15)8-5-3-4-6-9(8)23-10/h3-7H,2H2,1H3,(H,16,19,20)(H2,17,18,21,22). The summed E-state index contributed by atoms with van der Waals surface area (Å²) in [5, 5.41) is 6.80. The molecule has 3 N–H and O–H groups in total. The zero-order valence-corrected chi connectivity index (χ0v) is 12.1. The van der Waals surface area contributed by atoms with E-state index in [4.69, 9.17) is 4.74 Å². The molecule has 2 heterocycles. The van der Waals surface area contributed by atoms with Crippen molar-refractivity contribution in [3.63, 3.8) is 0 Å². The second-order valence-electron chi connectivity index (χ2n) is 5.05. The molecular formula is C15H13N3O5. The topological polar surface area (TPSA) is 114 Å². The Morgan fingerprint density at radius 3 is 2.65 bits per heavy atom. The smallest absolute Gasteiger partial charge is 0.322 e. The monoisotopic (exact) mass is 315 g/mol. The molecule has 3 rings (SSSR count). The molecule has 8 nitrogen and oxygen atoms in total. The highest BCUT2D eigenvalue weighted by Crippen LogP contribution is 2.39. The second-order valence-corrected chi connectivity index (χ2v) is 5.05. The number of hydrogen-bond acceptors (Lipinski definition) is 5. The van der Waals surface area contributed by atoms with Gasteiger partial charge in [-0.2, -0.15) is 0 Å². The fraction of sp³-hybridized carbons (Fsp3) is 0.200. The molecule has 1 saturated heterocycles. The summed E-state index contributed by atoms with van der Waals surface area (Å²) in [6.07, 6.45) is 1.33. The van der Waals surface area contributed by atoms with Gasteiger partial charge in [-0.05, 0) is 6.07 Å². The zero-order chi connectivity index (χ0) is 16.6. The highest BCUT2D eigenvalue weighted by Gasteiger charge is 2.50. The van der Waals surface area contributed by atoms with Crippen molar-refractivity contribution in [1.29, 1.82) is 0 Å². The zero-order valence-electron chi connectivity index (χ0n) is 12.1. The molecule has 8 heteroatoms. The summed E-state index contributed by atoms with van der Waals surface area (Å²) in [6, 6.07) is 5.85. The summed E-state index contributed by atoms with van der Waals surface area (Å²) in [5.74, 6) is -1.86. The van der Waals surface area contributed by atoms with Crippen molar-refractivity contribution >= 4 is 23.8 Å². The van der Waals surface area contributed by atoms with Crippen LogP contribution in [0.3, 0.4) is 0 Å². The number of nitrogens with one attached hydrogen (secondary N) is 3. The third kappa shape index (κ3) is 2.33. The van der Waals surface area contributed by atoms with Gasteiger partial charge in [0.15, 0.2) is 11.3 Å². The summed E-state index contributed by atoms with van der Waals surface area (Å²) < 4.78 is 5.47. The molecule has 5 amide bonds. The minimum Gasteiger partial charge on any atom is -0.451 e. The average molecular weight is 315 g/mol. The number of hydrogen-bond donors (Lipinski definition) is 3. The Balaban J connectivity index is 2.06. The lowest BCUT2D eigenvalue weighted by Gasteiger charge is -2.30. The number of imide groups is 2. The van der Waals surface area contributed by atoms with Gasteiger partial charge >= 0.3 is 6.03 Å². The normalized spacial score (nSPS) is 21.7. The molecule has 2 aliphatic heterocycles. The van der Waals surface area contributed by atoms with Crippen LogP contribution >= 0.6 is 0 Å².